The molecule has 0 unspecified atom stereocenters. The molecular weight excluding hydrogens is 342 g/mol. The number of nitrogens with one attached hydrogen (secondary N) is 1. The summed E-state index contributed by atoms with van der Waals surface area (Å²) in [4.78, 5) is 23.2. The van der Waals surface area contributed by atoms with Crippen LogP contribution in [0, 0.1) is 6.92 Å². The fraction of sp³-hybridized carbons (Fsp3) is 0.500. The molecule has 1 saturated heterocycles. The highest BCUT2D eigenvalue weighted by atomic mass is 16.3. The summed E-state index contributed by atoms with van der Waals surface area (Å²) in [5.41, 5.74) is 2.90. The van der Waals surface area contributed by atoms with Crippen LogP contribution in [0.5, 0.6) is 0 Å². The first-order chi connectivity index (χ1) is 13.0. The molecule has 27 heavy (non-hydrogen) atoms. The standard InChI is InChI=1S/C20H29N5O2/c1-16-4-6-17(7-5-16)25-12-10-24(11-13-25)14-19-22-18(15-27-19)20(26)21-8-9-23(2)3/h4-7,15H,8-14H2,1-3H3,(H,21,26). The van der Waals surface area contributed by atoms with Gasteiger partial charge in [0.1, 0.15) is 6.26 Å². The predicted octanol–water partition coefficient (Wildman–Crippen LogP) is 1.60. The first-order valence-corrected chi connectivity index (χ1v) is 9.42. The minimum absolute atomic E-state index is 0.184. The van der Waals surface area contributed by atoms with E-state index in [9.17, 15) is 4.79 Å². The molecule has 2 aromatic rings. The van der Waals surface area contributed by atoms with Gasteiger partial charge in [0, 0.05) is 45.0 Å². The molecule has 0 aliphatic carbocycles. The summed E-state index contributed by atoms with van der Waals surface area (Å²) >= 11 is 0. The van der Waals surface area contributed by atoms with Gasteiger partial charge in [-0.3, -0.25) is 9.69 Å². The molecule has 0 atom stereocenters. The monoisotopic (exact) mass is 371 g/mol. The Morgan fingerprint density at radius 1 is 1.19 bits per heavy atom. The lowest BCUT2D eigenvalue weighted by molar-refractivity contribution is 0.0946. The number of rotatable bonds is 7. The summed E-state index contributed by atoms with van der Waals surface area (Å²) in [6.07, 6.45) is 1.45. The van der Waals surface area contributed by atoms with Crippen LogP contribution in [-0.4, -0.2) is 74.1 Å². The number of carbonyl (C=O) groups is 1. The molecule has 1 aliphatic rings. The van der Waals surface area contributed by atoms with Gasteiger partial charge in [-0.25, -0.2) is 4.98 Å². The largest absolute Gasteiger partial charge is 0.447 e. The summed E-state index contributed by atoms with van der Waals surface area (Å²) in [6.45, 7) is 7.96. The number of aromatic nitrogens is 1. The van der Waals surface area contributed by atoms with Crippen LogP contribution in [0.1, 0.15) is 21.9 Å². The lowest BCUT2D eigenvalue weighted by Crippen LogP contribution is -2.46. The quantitative estimate of drug-likeness (QED) is 0.798. The van der Waals surface area contributed by atoms with Crippen molar-refractivity contribution in [1.29, 1.82) is 0 Å². The molecular formula is C20H29N5O2. The molecule has 7 nitrogen and oxygen atoms in total. The molecule has 0 bridgehead atoms. The number of oxazole rings is 1. The Labute approximate surface area is 161 Å². The number of anilines is 1. The molecule has 1 fully saturated rings. The molecule has 0 saturated carbocycles. The van der Waals surface area contributed by atoms with E-state index in [4.69, 9.17) is 4.42 Å². The number of likely N-dealkylation sites (N-methyl/N-ethyl adjacent to an activating group) is 1. The van der Waals surface area contributed by atoms with Gasteiger partial charge >= 0.3 is 0 Å². The van der Waals surface area contributed by atoms with E-state index in [1.54, 1.807) is 0 Å². The second kappa shape index (κ2) is 9.01. The molecule has 2 heterocycles. The topological polar surface area (TPSA) is 64.8 Å². The highest BCUT2D eigenvalue weighted by Gasteiger charge is 2.20. The lowest BCUT2D eigenvalue weighted by Gasteiger charge is -2.35. The Kier molecular flexibility index (Phi) is 6.47. The molecule has 0 spiro atoms. The fourth-order valence-electron chi connectivity index (χ4n) is 3.08. The fourth-order valence-corrected chi connectivity index (χ4v) is 3.08. The average Bonchev–Trinajstić information content (AvgIpc) is 3.11. The summed E-state index contributed by atoms with van der Waals surface area (Å²) in [7, 11) is 3.94. The van der Waals surface area contributed by atoms with Crippen molar-refractivity contribution in [2.45, 2.75) is 13.5 Å². The summed E-state index contributed by atoms with van der Waals surface area (Å²) in [5, 5.41) is 2.85. The van der Waals surface area contributed by atoms with E-state index in [2.05, 4.69) is 51.3 Å². The van der Waals surface area contributed by atoms with Crippen LogP contribution >= 0.6 is 0 Å². The number of nitrogens with zero attached hydrogens (tertiary/aromatic N) is 4. The van der Waals surface area contributed by atoms with Gasteiger partial charge in [-0.05, 0) is 33.2 Å². The molecule has 3 rings (SSSR count). The van der Waals surface area contributed by atoms with E-state index in [0.717, 1.165) is 32.7 Å². The number of aryl methyl sites for hydroxylation is 1. The summed E-state index contributed by atoms with van der Waals surface area (Å²) < 4.78 is 5.50. The van der Waals surface area contributed by atoms with Crippen LogP contribution < -0.4 is 10.2 Å². The highest BCUT2D eigenvalue weighted by Crippen LogP contribution is 2.18. The summed E-state index contributed by atoms with van der Waals surface area (Å²) in [5.74, 6) is 0.410. The Balaban J connectivity index is 1.46. The zero-order valence-electron chi connectivity index (χ0n) is 16.4. The zero-order valence-corrected chi connectivity index (χ0v) is 16.4. The number of hydrogen-bond acceptors (Lipinski definition) is 6. The van der Waals surface area contributed by atoms with Crippen molar-refractivity contribution >= 4 is 11.6 Å². The first-order valence-electron chi connectivity index (χ1n) is 9.42. The van der Waals surface area contributed by atoms with E-state index in [1.807, 2.05) is 19.0 Å². The van der Waals surface area contributed by atoms with E-state index in [1.165, 1.54) is 17.5 Å². The van der Waals surface area contributed by atoms with Crippen molar-refractivity contribution in [3.8, 4) is 0 Å². The number of amides is 1. The third-order valence-corrected chi connectivity index (χ3v) is 4.76. The van der Waals surface area contributed by atoms with Crippen molar-refractivity contribution in [2.75, 3.05) is 58.3 Å². The summed E-state index contributed by atoms with van der Waals surface area (Å²) in [6, 6.07) is 8.67. The minimum Gasteiger partial charge on any atom is -0.447 e. The van der Waals surface area contributed by atoms with Gasteiger partial charge in [-0.1, -0.05) is 17.7 Å². The van der Waals surface area contributed by atoms with Crippen LogP contribution in [0.4, 0.5) is 5.69 Å². The van der Waals surface area contributed by atoms with Crippen molar-refractivity contribution in [1.82, 2.24) is 20.1 Å². The lowest BCUT2D eigenvalue weighted by atomic mass is 10.2. The van der Waals surface area contributed by atoms with Crippen LogP contribution in [0.2, 0.25) is 0 Å². The third kappa shape index (κ3) is 5.55. The molecule has 146 valence electrons. The molecule has 1 aromatic heterocycles. The van der Waals surface area contributed by atoms with Gasteiger partial charge in [-0.15, -0.1) is 0 Å². The number of benzene rings is 1. The molecule has 0 radical (unpaired) electrons. The first kappa shape index (κ1) is 19.4. The Hall–Kier alpha value is -2.38. The van der Waals surface area contributed by atoms with Crippen LogP contribution in [0.15, 0.2) is 34.9 Å². The van der Waals surface area contributed by atoms with E-state index < -0.39 is 0 Å². The second-order valence-corrected chi connectivity index (χ2v) is 7.28. The smallest absolute Gasteiger partial charge is 0.273 e. The maximum atomic E-state index is 12.1. The van der Waals surface area contributed by atoms with Crippen molar-refractivity contribution in [2.24, 2.45) is 0 Å². The van der Waals surface area contributed by atoms with Gasteiger partial charge in [-0.2, -0.15) is 0 Å². The maximum absolute atomic E-state index is 12.1. The Bertz CT molecular complexity index is 733. The normalized spacial score (nSPS) is 15.3. The minimum atomic E-state index is -0.184. The Morgan fingerprint density at radius 2 is 1.89 bits per heavy atom. The number of piperazine rings is 1. The van der Waals surface area contributed by atoms with Gasteiger partial charge in [0.2, 0.25) is 5.89 Å². The number of carbonyl (C=O) groups excluding carboxylic acids is 1. The zero-order chi connectivity index (χ0) is 19.2. The van der Waals surface area contributed by atoms with Crippen LogP contribution in [0.25, 0.3) is 0 Å². The maximum Gasteiger partial charge on any atom is 0.273 e. The van der Waals surface area contributed by atoms with Crippen molar-refractivity contribution < 1.29 is 9.21 Å². The predicted molar refractivity (Wildman–Crippen MR) is 106 cm³/mol. The molecule has 7 heteroatoms. The van der Waals surface area contributed by atoms with Crippen LogP contribution in [0.3, 0.4) is 0 Å². The molecule has 1 N–H and O–H groups in total. The third-order valence-electron chi connectivity index (χ3n) is 4.76. The SMILES string of the molecule is Cc1ccc(N2CCN(Cc3nc(C(=O)NCCN(C)C)co3)CC2)cc1. The van der Waals surface area contributed by atoms with Crippen molar-refractivity contribution in [3.05, 3.63) is 47.7 Å². The van der Waals surface area contributed by atoms with E-state index >= 15 is 0 Å². The Morgan fingerprint density at radius 3 is 2.56 bits per heavy atom. The second-order valence-electron chi connectivity index (χ2n) is 7.28. The van der Waals surface area contributed by atoms with E-state index in [0.29, 0.717) is 24.7 Å². The van der Waals surface area contributed by atoms with Gasteiger partial charge in [0.15, 0.2) is 5.69 Å². The van der Waals surface area contributed by atoms with E-state index in [-0.39, 0.29) is 5.91 Å². The molecule has 1 aromatic carbocycles. The van der Waals surface area contributed by atoms with Gasteiger partial charge in [0.25, 0.3) is 5.91 Å². The number of hydrogen-bond donors (Lipinski definition) is 1. The molecule has 1 amide bonds. The van der Waals surface area contributed by atoms with Gasteiger partial charge in [0.05, 0.1) is 6.54 Å². The van der Waals surface area contributed by atoms with Crippen LogP contribution in [-0.2, 0) is 6.54 Å². The van der Waals surface area contributed by atoms with Gasteiger partial charge < -0.3 is 19.5 Å². The average molecular weight is 371 g/mol. The van der Waals surface area contributed by atoms with Crippen molar-refractivity contribution in [3.63, 3.8) is 0 Å². The highest BCUT2D eigenvalue weighted by molar-refractivity contribution is 5.91. The molecule has 1 aliphatic heterocycles.